The van der Waals surface area contributed by atoms with E-state index in [1.165, 1.54) is 47.8 Å². The highest BCUT2D eigenvalue weighted by atomic mass is 19.1. The first-order valence-electron chi connectivity index (χ1n) is 8.66. The number of amides is 1. The molecule has 0 bridgehead atoms. The number of ether oxygens (including phenoxy) is 1. The first-order valence-corrected chi connectivity index (χ1v) is 8.66. The molecule has 5 nitrogen and oxygen atoms in total. The van der Waals surface area contributed by atoms with Gasteiger partial charge in [0, 0.05) is 25.8 Å². The summed E-state index contributed by atoms with van der Waals surface area (Å²) in [4.78, 5) is 16.6. The third-order valence-electron chi connectivity index (χ3n) is 4.43. The van der Waals surface area contributed by atoms with Crippen LogP contribution in [0.15, 0.2) is 60.9 Å². The van der Waals surface area contributed by atoms with Crippen LogP contribution in [0.3, 0.4) is 0 Å². The quantitative estimate of drug-likeness (QED) is 0.728. The highest BCUT2D eigenvalue weighted by Crippen LogP contribution is 2.24. The highest BCUT2D eigenvalue weighted by Gasteiger charge is 2.14. The van der Waals surface area contributed by atoms with Crippen LogP contribution < -0.4 is 15.4 Å². The average molecular weight is 363 g/mol. The molecule has 1 aromatic heterocycles. The standard InChI is InChI=1S/C21H18FN3O2/c22-17-3-5-18(6-4-17)27-20-13-23-8-7-19(20)21(26)25-10-14-1-2-15-11-24-12-16(15)9-14/h1-9,13,24H,10-12H2,(H,25,26). The Labute approximate surface area is 156 Å². The van der Waals surface area contributed by atoms with E-state index in [4.69, 9.17) is 4.74 Å². The monoisotopic (exact) mass is 363 g/mol. The maximum Gasteiger partial charge on any atom is 0.255 e. The first-order chi connectivity index (χ1) is 13.2. The molecule has 4 rings (SSSR count). The Morgan fingerprint density at radius 2 is 1.93 bits per heavy atom. The second-order valence-electron chi connectivity index (χ2n) is 6.32. The SMILES string of the molecule is O=C(NCc1ccc2c(c1)CNC2)c1ccncc1Oc1ccc(F)cc1. The van der Waals surface area contributed by atoms with E-state index in [0.29, 0.717) is 23.6 Å². The van der Waals surface area contributed by atoms with Crippen molar-refractivity contribution in [3.63, 3.8) is 0 Å². The lowest BCUT2D eigenvalue weighted by atomic mass is 10.1. The maximum atomic E-state index is 13.0. The van der Waals surface area contributed by atoms with E-state index < -0.39 is 0 Å². The van der Waals surface area contributed by atoms with Gasteiger partial charge in [-0.05, 0) is 47.0 Å². The molecule has 27 heavy (non-hydrogen) atoms. The third-order valence-corrected chi connectivity index (χ3v) is 4.43. The topological polar surface area (TPSA) is 63.2 Å². The lowest BCUT2D eigenvalue weighted by Crippen LogP contribution is -2.23. The Kier molecular flexibility index (Phi) is 4.80. The van der Waals surface area contributed by atoms with Crippen molar-refractivity contribution in [3.8, 4) is 11.5 Å². The Hall–Kier alpha value is -3.25. The van der Waals surface area contributed by atoms with E-state index in [1.807, 2.05) is 6.07 Å². The van der Waals surface area contributed by atoms with E-state index in [-0.39, 0.29) is 11.7 Å². The number of rotatable bonds is 5. The number of nitrogens with one attached hydrogen (secondary N) is 2. The minimum atomic E-state index is -0.351. The Morgan fingerprint density at radius 3 is 2.78 bits per heavy atom. The van der Waals surface area contributed by atoms with Crippen LogP contribution in [0.4, 0.5) is 4.39 Å². The average Bonchev–Trinajstić information content (AvgIpc) is 3.16. The van der Waals surface area contributed by atoms with Crippen molar-refractivity contribution < 1.29 is 13.9 Å². The van der Waals surface area contributed by atoms with E-state index >= 15 is 0 Å². The zero-order valence-corrected chi connectivity index (χ0v) is 14.5. The van der Waals surface area contributed by atoms with Gasteiger partial charge in [-0.25, -0.2) is 4.39 Å². The van der Waals surface area contributed by atoms with Gasteiger partial charge in [-0.15, -0.1) is 0 Å². The molecule has 0 saturated carbocycles. The highest BCUT2D eigenvalue weighted by molar-refractivity contribution is 5.96. The fourth-order valence-electron chi connectivity index (χ4n) is 3.01. The number of aromatic nitrogens is 1. The molecular weight excluding hydrogens is 345 g/mol. The molecule has 0 spiro atoms. The molecule has 0 unspecified atom stereocenters. The molecule has 6 heteroatoms. The molecule has 0 atom stereocenters. The molecule has 0 radical (unpaired) electrons. The van der Waals surface area contributed by atoms with E-state index in [1.54, 1.807) is 6.07 Å². The number of hydrogen-bond donors (Lipinski definition) is 2. The number of halogens is 1. The van der Waals surface area contributed by atoms with Crippen LogP contribution in [-0.2, 0) is 19.6 Å². The molecule has 2 N–H and O–H groups in total. The second kappa shape index (κ2) is 7.55. The summed E-state index contributed by atoms with van der Waals surface area (Å²) in [5, 5.41) is 6.22. The van der Waals surface area contributed by atoms with Gasteiger partial charge in [0.2, 0.25) is 0 Å². The van der Waals surface area contributed by atoms with Crippen molar-refractivity contribution in [3.05, 3.63) is 89.0 Å². The Morgan fingerprint density at radius 1 is 1.11 bits per heavy atom. The summed E-state index contributed by atoms with van der Waals surface area (Å²) in [6.07, 6.45) is 3.01. The molecule has 136 valence electrons. The summed E-state index contributed by atoms with van der Waals surface area (Å²) >= 11 is 0. The maximum absolute atomic E-state index is 13.0. The van der Waals surface area contributed by atoms with Gasteiger partial charge in [0.05, 0.1) is 11.8 Å². The molecule has 3 aromatic rings. The molecule has 0 saturated heterocycles. The molecule has 1 aliphatic heterocycles. The van der Waals surface area contributed by atoms with Gasteiger partial charge in [-0.3, -0.25) is 9.78 Å². The Balaban J connectivity index is 1.46. The molecule has 2 heterocycles. The van der Waals surface area contributed by atoms with E-state index in [9.17, 15) is 9.18 Å². The van der Waals surface area contributed by atoms with Crippen LogP contribution in [0, 0.1) is 5.82 Å². The van der Waals surface area contributed by atoms with Gasteiger partial charge in [-0.1, -0.05) is 18.2 Å². The largest absolute Gasteiger partial charge is 0.455 e. The summed E-state index contributed by atoms with van der Waals surface area (Å²) in [5.74, 6) is 0.147. The number of carbonyl (C=O) groups is 1. The van der Waals surface area contributed by atoms with Crippen LogP contribution in [0.2, 0.25) is 0 Å². The predicted octanol–water partition coefficient (Wildman–Crippen LogP) is 3.55. The lowest BCUT2D eigenvalue weighted by Gasteiger charge is -2.11. The van der Waals surface area contributed by atoms with Crippen LogP contribution in [-0.4, -0.2) is 10.9 Å². The number of hydrogen-bond acceptors (Lipinski definition) is 4. The van der Waals surface area contributed by atoms with Gasteiger partial charge in [0.1, 0.15) is 11.6 Å². The summed E-state index contributed by atoms with van der Waals surface area (Å²) in [6, 6.07) is 13.4. The summed E-state index contributed by atoms with van der Waals surface area (Å²) in [6.45, 7) is 2.17. The predicted molar refractivity (Wildman–Crippen MR) is 98.9 cm³/mol. The number of nitrogens with zero attached hydrogens (tertiary/aromatic N) is 1. The smallest absolute Gasteiger partial charge is 0.255 e. The molecular formula is C21H18FN3O2. The minimum absolute atomic E-state index is 0.256. The second-order valence-corrected chi connectivity index (χ2v) is 6.32. The molecule has 0 fully saturated rings. The van der Waals surface area contributed by atoms with Crippen molar-refractivity contribution in [2.75, 3.05) is 0 Å². The van der Waals surface area contributed by atoms with Gasteiger partial charge < -0.3 is 15.4 Å². The van der Waals surface area contributed by atoms with Crippen molar-refractivity contribution in [2.24, 2.45) is 0 Å². The van der Waals surface area contributed by atoms with Crippen molar-refractivity contribution in [1.29, 1.82) is 0 Å². The van der Waals surface area contributed by atoms with Crippen LogP contribution >= 0.6 is 0 Å². The van der Waals surface area contributed by atoms with Crippen LogP contribution in [0.25, 0.3) is 0 Å². The number of pyridine rings is 1. The van der Waals surface area contributed by atoms with Crippen LogP contribution in [0.1, 0.15) is 27.0 Å². The van der Waals surface area contributed by atoms with Crippen molar-refractivity contribution >= 4 is 5.91 Å². The summed E-state index contributed by atoms with van der Waals surface area (Å²) in [7, 11) is 0. The normalized spacial score (nSPS) is 12.5. The number of carbonyl (C=O) groups excluding carboxylic acids is 1. The fraction of sp³-hybridized carbons (Fsp3) is 0.143. The van der Waals surface area contributed by atoms with Gasteiger partial charge >= 0.3 is 0 Å². The summed E-state index contributed by atoms with van der Waals surface area (Å²) in [5.41, 5.74) is 3.98. The first kappa shape index (κ1) is 17.2. The molecule has 1 aliphatic rings. The minimum Gasteiger partial charge on any atom is -0.455 e. The molecule has 0 aliphatic carbocycles. The van der Waals surface area contributed by atoms with Crippen molar-refractivity contribution in [2.45, 2.75) is 19.6 Å². The Bertz CT molecular complexity index is 973. The number of fused-ring (bicyclic) bond motifs is 1. The molecule has 1 amide bonds. The lowest BCUT2D eigenvalue weighted by molar-refractivity contribution is 0.0948. The zero-order chi connectivity index (χ0) is 18.6. The third kappa shape index (κ3) is 3.96. The molecule has 2 aromatic carbocycles. The number of benzene rings is 2. The fourth-order valence-corrected chi connectivity index (χ4v) is 3.01. The van der Waals surface area contributed by atoms with E-state index in [0.717, 1.165) is 18.7 Å². The van der Waals surface area contributed by atoms with Gasteiger partial charge in [0.15, 0.2) is 5.75 Å². The van der Waals surface area contributed by atoms with Gasteiger partial charge in [-0.2, -0.15) is 0 Å². The van der Waals surface area contributed by atoms with Crippen LogP contribution in [0.5, 0.6) is 11.5 Å². The zero-order valence-electron chi connectivity index (χ0n) is 14.5. The van der Waals surface area contributed by atoms with Gasteiger partial charge in [0.25, 0.3) is 5.91 Å². The van der Waals surface area contributed by atoms with Crippen molar-refractivity contribution in [1.82, 2.24) is 15.6 Å². The van der Waals surface area contributed by atoms with E-state index in [2.05, 4.69) is 27.8 Å². The summed E-state index contributed by atoms with van der Waals surface area (Å²) < 4.78 is 18.7.